The number of nitrogens with two attached hydrogens (primary N) is 1. The number of nitrogens with one attached hydrogen (secondary N) is 1. The second-order valence-corrected chi connectivity index (χ2v) is 11.5. The van der Waals surface area contributed by atoms with Crippen molar-refractivity contribution < 1.29 is 61.1 Å². The number of aliphatic hydroxyl groups is 1. The van der Waals surface area contributed by atoms with Crippen molar-refractivity contribution in [1.82, 2.24) is 0 Å². The highest BCUT2D eigenvalue weighted by Crippen LogP contribution is 2.39. The zero-order chi connectivity index (χ0) is 35.8. The van der Waals surface area contributed by atoms with Gasteiger partial charge in [0, 0.05) is 18.2 Å². The van der Waals surface area contributed by atoms with Gasteiger partial charge in [-0.25, -0.2) is 9.59 Å². The molecule has 16 heteroatoms. The number of methoxy groups -OCH3 is 1. The largest absolute Gasteiger partial charge is 0.573 e. The molecule has 4 atom stereocenters. The number of amides is 2. The third kappa shape index (κ3) is 7.40. The Hall–Kier alpha value is -5.32. The van der Waals surface area contributed by atoms with Crippen molar-refractivity contribution >= 4 is 28.7 Å². The Morgan fingerprint density at radius 1 is 1.04 bits per heavy atom. The molecule has 260 valence electrons. The summed E-state index contributed by atoms with van der Waals surface area (Å²) in [5.74, 6) is -1.82. The smallest absolute Gasteiger partial charge is 0.505 e. The fourth-order valence-electron chi connectivity index (χ4n) is 5.57. The molecule has 5 rings (SSSR count). The number of carbonyl (C=O) groups excluding carboxylic acids is 2. The van der Waals surface area contributed by atoms with E-state index in [9.17, 15) is 37.8 Å². The van der Waals surface area contributed by atoms with Crippen molar-refractivity contribution in [2.45, 2.75) is 57.3 Å². The van der Waals surface area contributed by atoms with Crippen LogP contribution in [0.1, 0.15) is 29.8 Å². The maximum Gasteiger partial charge on any atom is 0.573 e. The minimum absolute atomic E-state index is 0.0155. The molecule has 3 aromatic carbocycles. The number of aromatic hydroxyl groups is 1. The SMILES string of the molecule is CO[C@@H]1[C@@H](OC(N)=O)[C@@H](O)[C@H](Oc2ccc3c(O)c(NC(=O)c4cccc(-c5cccc(OC(F)(F)F)c5)c4)c(=O)oc3c2C)OC1(C)C. The third-order valence-electron chi connectivity index (χ3n) is 7.78. The van der Waals surface area contributed by atoms with E-state index in [4.69, 9.17) is 29.1 Å². The fraction of sp³-hybridized carbons (Fsp3) is 0.303. The first-order valence-electron chi connectivity index (χ1n) is 14.6. The number of hydrogen-bond acceptors (Lipinski definition) is 11. The van der Waals surface area contributed by atoms with Gasteiger partial charge in [0.15, 0.2) is 23.6 Å². The van der Waals surface area contributed by atoms with Gasteiger partial charge in [-0.05, 0) is 68.3 Å². The Balaban J connectivity index is 1.40. The van der Waals surface area contributed by atoms with Crippen LogP contribution in [0, 0.1) is 6.92 Å². The topological polar surface area (TPSA) is 189 Å². The maximum absolute atomic E-state index is 13.2. The van der Waals surface area contributed by atoms with Crippen LogP contribution in [0.15, 0.2) is 69.9 Å². The molecular weight excluding hydrogens is 657 g/mol. The van der Waals surface area contributed by atoms with Crippen molar-refractivity contribution in [2.24, 2.45) is 5.73 Å². The standard InChI is InChI=1S/C33H31F3N2O11/c1-15-21(45-30-24(40)26(47-31(37)43)27(44-4)32(2,3)49-30)12-11-20-23(39)22(29(42)46-25(15)20)38-28(41)18-9-5-7-16(13-18)17-8-6-10-19(14-17)48-33(34,35)36/h5-14,24,26-27,30,39-40H,1-4H3,(H2,37,43)(H,38,41)/t24-,26+,27-,30-/m1/s1. The molecule has 4 aromatic rings. The average molecular weight is 689 g/mol. The van der Waals surface area contributed by atoms with Crippen LogP contribution in [0.4, 0.5) is 23.7 Å². The zero-order valence-electron chi connectivity index (χ0n) is 26.4. The van der Waals surface area contributed by atoms with Crippen molar-refractivity contribution in [2.75, 3.05) is 12.4 Å². The zero-order valence-corrected chi connectivity index (χ0v) is 26.4. The number of carbonyl (C=O) groups is 2. The maximum atomic E-state index is 13.2. The minimum Gasteiger partial charge on any atom is -0.505 e. The van der Waals surface area contributed by atoms with Gasteiger partial charge in [-0.2, -0.15) is 0 Å². The van der Waals surface area contributed by atoms with E-state index in [2.05, 4.69) is 10.1 Å². The summed E-state index contributed by atoms with van der Waals surface area (Å²) < 4.78 is 69.8. The summed E-state index contributed by atoms with van der Waals surface area (Å²) in [6.45, 7) is 4.76. The van der Waals surface area contributed by atoms with Gasteiger partial charge in [-0.15, -0.1) is 13.2 Å². The Labute approximate surface area is 275 Å². The number of benzene rings is 3. The highest BCUT2D eigenvalue weighted by atomic mass is 19.4. The molecule has 0 spiro atoms. The van der Waals surface area contributed by atoms with Gasteiger partial charge in [0.25, 0.3) is 5.91 Å². The van der Waals surface area contributed by atoms with E-state index in [1.165, 1.54) is 56.5 Å². The van der Waals surface area contributed by atoms with Crippen LogP contribution in [0.3, 0.4) is 0 Å². The molecule has 5 N–H and O–H groups in total. The molecule has 1 fully saturated rings. The molecular formula is C33H31F3N2O11. The third-order valence-corrected chi connectivity index (χ3v) is 7.78. The number of alkyl halides is 3. The van der Waals surface area contributed by atoms with E-state index < -0.39 is 71.4 Å². The van der Waals surface area contributed by atoms with Crippen molar-refractivity contribution in [1.29, 1.82) is 0 Å². The van der Waals surface area contributed by atoms with E-state index in [-0.39, 0.29) is 27.8 Å². The summed E-state index contributed by atoms with van der Waals surface area (Å²) in [5, 5.41) is 24.4. The van der Waals surface area contributed by atoms with Gasteiger partial charge in [-0.3, -0.25) is 4.79 Å². The molecule has 2 heterocycles. The van der Waals surface area contributed by atoms with E-state index in [0.29, 0.717) is 11.1 Å². The van der Waals surface area contributed by atoms with Gasteiger partial charge >= 0.3 is 18.1 Å². The molecule has 0 aliphatic carbocycles. The Morgan fingerprint density at radius 3 is 2.37 bits per heavy atom. The van der Waals surface area contributed by atoms with Crippen LogP contribution in [0.5, 0.6) is 17.2 Å². The normalized spacial score (nSPS) is 20.4. The van der Waals surface area contributed by atoms with E-state index in [1.807, 2.05) is 0 Å². The first-order valence-corrected chi connectivity index (χ1v) is 14.6. The molecule has 1 aliphatic heterocycles. The number of rotatable bonds is 8. The molecule has 13 nitrogen and oxygen atoms in total. The second kappa shape index (κ2) is 13.3. The number of primary amides is 1. The monoisotopic (exact) mass is 688 g/mol. The number of fused-ring (bicyclic) bond motifs is 1. The van der Waals surface area contributed by atoms with Crippen LogP contribution in [0.25, 0.3) is 22.1 Å². The summed E-state index contributed by atoms with van der Waals surface area (Å²) >= 11 is 0. The van der Waals surface area contributed by atoms with Crippen molar-refractivity contribution in [3.8, 4) is 28.4 Å². The summed E-state index contributed by atoms with van der Waals surface area (Å²) in [6.07, 6.45) is -11.2. The number of ether oxygens (including phenoxy) is 5. The summed E-state index contributed by atoms with van der Waals surface area (Å²) in [6, 6.07) is 13.7. The van der Waals surface area contributed by atoms with Gasteiger partial charge in [0.1, 0.15) is 23.2 Å². The van der Waals surface area contributed by atoms with Gasteiger partial charge < -0.3 is 49.4 Å². The van der Waals surface area contributed by atoms with Gasteiger partial charge in [0.05, 0.1) is 11.0 Å². The molecule has 1 aliphatic rings. The molecule has 0 radical (unpaired) electrons. The molecule has 1 aromatic heterocycles. The predicted molar refractivity (Wildman–Crippen MR) is 166 cm³/mol. The quantitative estimate of drug-likeness (QED) is 0.183. The van der Waals surface area contributed by atoms with Crippen molar-refractivity contribution in [3.63, 3.8) is 0 Å². The lowest BCUT2D eigenvalue weighted by molar-refractivity contribution is -0.304. The average Bonchev–Trinajstić information content (AvgIpc) is 3.02. The van der Waals surface area contributed by atoms with Crippen LogP contribution in [-0.4, -0.2) is 65.9 Å². The lowest BCUT2D eigenvalue weighted by Gasteiger charge is -2.47. The number of halogens is 3. The Kier molecular flexibility index (Phi) is 9.50. The van der Waals surface area contributed by atoms with E-state index in [1.54, 1.807) is 19.9 Å². The second-order valence-electron chi connectivity index (χ2n) is 11.5. The van der Waals surface area contributed by atoms with Crippen LogP contribution < -0.4 is 26.1 Å². The summed E-state index contributed by atoms with van der Waals surface area (Å²) in [4.78, 5) is 37.8. The lowest BCUT2D eigenvalue weighted by Crippen LogP contribution is -2.65. The van der Waals surface area contributed by atoms with Crippen LogP contribution >= 0.6 is 0 Å². The first-order chi connectivity index (χ1) is 23.0. The fourth-order valence-corrected chi connectivity index (χ4v) is 5.57. The Morgan fingerprint density at radius 2 is 1.71 bits per heavy atom. The molecule has 0 unspecified atom stereocenters. The lowest BCUT2D eigenvalue weighted by atomic mass is 9.89. The number of anilines is 1. The molecule has 49 heavy (non-hydrogen) atoms. The van der Waals surface area contributed by atoms with Crippen LogP contribution in [-0.2, 0) is 14.2 Å². The molecule has 1 saturated heterocycles. The van der Waals surface area contributed by atoms with E-state index >= 15 is 0 Å². The highest BCUT2D eigenvalue weighted by Gasteiger charge is 2.53. The molecule has 0 bridgehead atoms. The van der Waals surface area contributed by atoms with Gasteiger partial charge in [0.2, 0.25) is 6.29 Å². The van der Waals surface area contributed by atoms with Gasteiger partial charge in [-0.1, -0.05) is 24.3 Å². The number of hydrogen-bond donors (Lipinski definition) is 4. The first kappa shape index (κ1) is 35.0. The minimum atomic E-state index is -4.89. The van der Waals surface area contributed by atoms with Crippen molar-refractivity contribution in [3.05, 3.63) is 82.2 Å². The summed E-state index contributed by atoms with van der Waals surface area (Å²) in [7, 11) is 1.34. The number of aliphatic hydroxyl groups excluding tert-OH is 1. The van der Waals surface area contributed by atoms with Crippen LogP contribution in [0.2, 0.25) is 0 Å². The molecule has 2 amide bonds. The predicted octanol–water partition coefficient (Wildman–Crippen LogP) is 4.98. The Bertz CT molecular complexity index is 1960. The summed E-state index contributed by atoms with van der Waals surface area (Å²) in [5.41, 5.74) is 3.20. The molecule has 0 saturated carbocycles. The highest BCUT2D eigenvalue weighted by molar-refractivity contribution is 6.07. The number of aryl methyl sites for hydroxylation is 1. The van der Waals surface area contributed by atoms with E-state index in [0.717, 1.165) is 12.1 Å².